The fourth-order valence-electron chi connectivity index (χ4n) is 1.62. The first-order chi connectivity index (χ1) is 6.66. The number of anilines is 1. The number of cyclic esters (lactones) is 1. The van der Waals surface area contributed by atoms with Crippen molar-refractivity contribution in [1.82, 2.24) is 0 Å². The average molecular weight is 191 g/mol. The van der Waals surface area contributed by atoms with Gasteiger partial charge in [-0.05, 0) is 30.5 Å². The van der Waals surface area contributed by atoms with Gasteiger partial charge in [0.25, 0.3) is 0 Å². The van der Waals surface area contributed by atoms with Crippen molar-refractivity contribution < 1.29 is 9.53 Å². The maximum atomic E-state index is 10.9. The van der Waals surface area contributed by atoms with E-state index in [4.69, 9.17) is 10.5 Å². The van der Waals surface area contributed by atoms with Gasteiger partial charge in [0.2, 0.25) is 0 Å². The molecular formula is C11H13NO2. The molecule has 0 spiro atoms. The number of nitrogens with two attached hydrogens (primary N) is 1. The van der Waals surface area contributed by atoms with Gasteiger partial charge in [-0.2, -0.15) is 0 Å². The van der Waals surface area contributed by atoms with E-state index in [9.17, 15) is 4.79 Å². The van der Waals surface area contributed by atoms with Crippen LogP contribution in [-0.4, -0.2) is 5.97 Å². The van der Waals surface area contributed by atoms with Crippen LogP contribution in [0.1, 0.15) is 30.1 Å². The third-order valence-corrected chi connectivity index (χ3v) is 2.56. The average Bonchev–Trinajstić information content (AvgIpc) is 2.57. The van der Waals surface area contributed by atoms with Crippen LogP contribution in [0.4, 0.5) is 5.69 Å². The van der Waals surface area contributed by atoms with E-state index in [-0.39, 0.29) is 12.1 Å². The van der Waals surface area contributed by atoms with Crippen LogP contribution in [0.2, 0.25) is 0 Å². The van der Waals surface area contributed by atoms with Crippen molar-refractivity contribution >= 4 is 11.7 Å². The van der Waals surface area contributed by atoms with Crippen LogP contribution >= 0.6 is 0 Å². The van der Waals surface area contributed by atoms with Gasteiger partial charge in [-0.15, -0.1) is 0 Å². The minimum absolute atomic E-state index is 0.0922. The van der Waals surface area contributed by atoms with Gasteiger partial charge >= 0.3 is 5.97 Å². The number of carbonyl (C=O) groups excluding carboxylic acids is 1. The Bertz CT molecular complexity index is 374. The van der Waals surface area contributed by atoms with Crippen molar-refractivity contribution in [2.45, 2.75) is 25.9 Å². The van der Waals surface area contributed by atoms with E-state index in [1.165, 1.54) is 0 Å². The number of rotatable bonds is 1. The van der Waals surface area contributed by atoms with E-state index < -0.39 is 0 Å². The number of benzene rings is 1. The van der Waals surface area contributed by atoms with Gasteiger partial charge in [0.05, 0.1) is 0 Å². The molecule has 1 unspecified atom stereocenters. The Kier molecular flexibility index (Phi) is 2.15. The summed E-state index contributed by atoms with van der Waals surface area (Å²) in [5.74, 6) is -0.117. The molecule has 0 aliphatic carbocycles. The number of ether oxygens (including phenoxy) is 1. The molecule has 3 nitrogen and oxygen atoms in total. The Morgan fingerprint density at radius 2 is 2.29 bits per heavy atom. The molecule has 0 bridgehead atoms. The van der Waals surface area contributed by atoms with Gasteiger partial charge in [-0.3, -0.25) is 4.79 Å². The lowest BCUT2D eigenvalue weighted by Gasteiger charge is -2.10. The van der Waals surface area contributed by atoms with Crippen LogP contribution in [0.3, 0.4) is 0 Å². The molecule has 1 heterocycles. The molecule has 1 aromatic rings. The highest BCUT2D eigenvalue weighted by molar-refractivity contribution is 5.71. The summed E-state index contributed by atoms with van der Waals surface area (Å²) in [7, 11) is 0. The van der Waals surface area contributed by atoms with Crippen molar-refractivity contribution in [2.75, 3.05) is 5.73 Å². The number of carbonyl (C=O) groups is 1. The molecule has 1 aliphatic rings. The molecule has 1 fully saturated rings. The van der Waals surface area contributed by atoms with Gasteiger partial charge in [-0.1, -0.05) is 12.1 Å². The van der Waals surface area contributed by atoms with Crippen molar-refractivity contribution in [3.8, 4) is 0 Å². The van der Waals surface area contributed by atoms with Crippen LogP contribution in [0.5, 0.6) is 0 Å². The van der Waals surface area contributed by atoms with Crippen molar-refractivity contribution in [2.24, 2.45) is 0 Å². The number of hydrogen-bond donors (Lipinski definition) is 1. The Hall–Kier alpha value is -1.51. The minimum Gasteiger partial charge on any atom is -0.457 e. The molecule has 14 heavy (non-hydrogen) atoms. The summed E-state index contributed by atoms with van der Waals surface area (Å²) in [5.41, 5.74) is 8.59. The summed E-state index contributed by atoms with van der Waals surface area (Å²) in [4.78, 5) is 10.9. The lowest BCUT2D eigenvalue weighted by atomic mass is 10.0. The fourth-order valence-corrected chi connectivity index (χ4v) is 1.62. The molecule has 0 saturated carbocycles. The first kappa shape index (κ1) is 9.06. The first-order valence-electron chi connectivity index (χ1n) is 4.72. The van der Waals surface area contributed by atoms with Crippen molar-refractivity contribution in [1.29, 1.82) is 0 Å². The summed E-state index contributed by atoms with van der Waals surface area (Å²) < 4.78 is 5.15. The highest BCUT2D eigenvalue weighted by Gasteiger charge is 2.24. The molecule has 1 aromatic carbocycles. The molecule has 2 N–H and O–H groups in total. The Labute approximate surface area is 82.9 Å². The summed E-state index contributed by atoms with van der Waals surface area (Å²) in [5, 5.41) is 0. The van der Waals surface area contributed by atoms with E-state index in [0.717, 1.165) is 23.2 Å². The summed E-state index contributed by atoms with van der Waals surface area (Å²) in [6.45, 7) is 1.96. The molecule has 1 aliphatic heterocycles. The second-order valence-electron chi connectivity index (χ2n) is 3.63. The zero-order chi connectivity index (χ0) is 10.1. The van der Waals surface area contributed by atoms with Gasteiger partial charge in [-0.25, -0.2) is 0 Å². The number of esters is 1. The van der Waals surface area contributed by atoms with E-state index in [0.29, 0.717) is 6.42 Å². The van der Waals surface area contributed by atoms with Gasteiger partial charge in [0.15, 0.2) is 0 Å². The Morgan fingerprint density at radius 1 is 1.50 bits per heavy atom. The van der Waals surface area contributed by atoms with E-state index in [1.54, 1.807) is 0 Å². The Morgan fingerprint density at radius 3 is 2.86 bits per heavy atom. The summed E-state index contributed by atoms with van der Waals surface area (Å²) in [6.07, 6.45) is 1.19. The topological polar surface area (TPSA) is 52.3 Å². The number of aryl methyl sites for hydroxylation is 1. The van der Waals surface area contributed by atoms with Gasteiger partial charge in [0, 0.05) is 12.1 Å². The molecule has 0 amide bonds. The zero-order valence-electron chi connectivity index (χ0n) is 8.12. The first-order valence-corrected chi connectivity index (χ1v) is 4.72. The normalized spacial score (nSPS) is 20.9. The van der Waals surface area contributed by atoms with Gasteiger partial charge in [0.1, 0.15) is 6.10 Å². The van der Waals surface area contributed by atoms with E-state index in [2.05, 4.69) is 0 Å². The number of nitrogen functional groups attached to an aromatic ring is 1. The SMILES string of the molecule is Cc1ccc(C2CCC(=O)O2)cc1N. The van der Waals surface area contributed by atoms with Crippen LogP contribution in [0.25, 0.3) is 0 Å². The van der Waals surface area contributed by atoms with Crippen molar-refractivity contribution in [3.63, 3.8) is 0 Å². The second kappa shape index (κ2) is 3.33. The highest BCUT2D eigenvalue weighted by atomic mass is 16.5. The molecule has 1 saturated heterocycles. The molecule has 1 atom stereocenters. The Balaban J connectivity index is 2.24. The summed E-state index contributed by atoms with van der Waals surface area (Å²) >= 11 is 0. The molecule has 74 valence electrons. The summed E-state index contributed by atoms with van der Waals surface area (Å²) in [6, 6.07) is 5.81. The largest absolute Gasteiger partial charge is 0.457 e. The molecule has 2 rings (SSSR count). The fraction of sp³-hybridized carbons (Fsp3) is 0.364. The predicted octanol–water partition coefficient (Wildman–Crippen LogP) is 1.96. The maximum absolute atomic E-state index is 10.9. The molecular weight excluding hydrogens is 178 g/mol. The smallest absolute Gasteiger partial charge is 0.306 e. The standard InChI is InChI=1S/C11H13NO2/c1-7-2-3-8(6-9(7)12)10-4-5-11(13)14-10/h2-3,6,10H,4-5,12H2,1H3. The predicted molar refractivity (Wildman–Crippen MR) is 53.7 cm³/mol. The van der Waals surface area contributed by atoms with Crippen LogP contribution in [0, 0.1) is 6.92 Å². The lowest BCUT2D eigenvalue weighted by molar-refractivity contribution is -0.141. The third kappa shape index (κ3) is 1.58. The molecule has 0 radical (unpaired) electrons. The van der Waals surface area contributed by atoms with Crippen LogP contribution in [0.15, 0.2) is 18.2 Å². The zero-order valence-corrected chi connectivity index (χ0v) is 8.12. The monoisotopic (exact) mass is 191 g/mol. The number of hydrogen-bond acceptors (Lipinski definition) is 3. The lowest BCUT2D eigenvalue weighted by Crippen LogP contribution is -2.00. The highest BCUT2D eigenvalue weighted by Crippen LogP contribution is 2.30. The van der Waals surface area contributed by atoms with Crippen molar-refractivity contribution in [3.05, 3.63) is 29.3 Å². The van der Waals surface area contributed by atoms with Crippen LogP contribution in [-0.2, 0) is 9.53 Å². The second-order valence-corrected chi connectivity index (χ2v) is 3.63. The third-order valence-electron chi connectivity index (χ3n) is 2.56. The van der Waals surface area contributed by atoms with E-state index >= 15 is 0 Å². The van der Waals surface area contributed by atoms with E-state index in [1.807, 2.05) is 25.1 Å². The van der Waals surface area contributed by atoms with Crippen LogP contribution < -0.4 is 5.73 Å². The minimum atomic E-state index is -0.117. The quantitative estimate of drug-likeness (QED) is 0.545. The van der Waals surface area contributed by atoms with Gasteiger partial charge < -0.3 is 10.5 Å². The maximum Gasteiger partial charge on any atom is 0.306 e. The molecule has 0 aromatic heterocycles. The molecule has 3 heteroatoms.